The Labute approximate surface area is 194 Å². The molecule has 1 amide bonds. The first-order valence-electron chi connectivity index (χ1n) is 11.2. The van der Waals surface area contributed by atoms with Crippen LogP contribution in [0.3, 0.4) is 0 Å². The fourth-order valence-electron chi connectivity index (χ4n) is 4.45. The summed E-state index contributed by atoms with van der Waals surface area (Å²) in [5.74, 6) is -0.108. The highest BCUT2D eigenvalue weighted by atomic mass is 32.2. The van der Waals surface area contributed by atoms with E-state index < -0.39 is 10.0 Å². The third-order valence-electron chi connectivity index (χ3n) is 6.37. The summed E-state index contributed by atoms with van der Waals surface area (Å²) in [5, 5.41) is 0. The van der Waals surface area contributed by atoms with Crippen LogP contribution in [0, 0.1) is 0 Å². The molecule has 8 heteroatoms. The molecule has 2 aliphatic rings. The highest BCUT2D eigenvalue weighted by Gasteiger charge is 2.30. The Morgan fingerprint density at radius 2 is 1.70 bits per heavy atom. The maximum atomic E-state index is 13.1. The summed E-state index contributed by atoms with van der Waals surface area (Å²) in [6.07, 6.45) is 11.7. The molecule has 33 heavy (non-hydrogen) atoms. The Morgan fingerprint density at radius 3 is 2.42 bits per heavy atom. The van der Waals surface area contributed by atoms with Crippen LogP contribution >= 0.6 is 0 Å². The Bertz CT molecular complexity index is 1270. The molecule has 2 heterocycles. The predicted molar refractivity (Wildman–Crippen MR) is 126 cm³/mol. The summed E-state index contributed by atoms with van der Waals surface area (Å²) < 4.78 is 29.6. The molecule has 0 radical (unpaired) electrons. The normalized spacial score (nSPS) is 16.9. The summed E-state index contributed by atoms with van der Waals surface area (Å²) in [7, 11) is -3.54. The van der Waals surface area contributed by atoms with Gasteiger partial charge in [0.1, 0.15) is 0 Å². The number of amides is 1. The number of hydrogen-bond donors (Lipinski definition) is 0. The lowest BCUT2D eigenvalue weighted by Gasteiger charge is -2.33. The molecule has 1 aliphatic carbocycles. The molecule has 2 aromatic carbocycles. The van der Waals surface area contributed by atoms with Gasteiger partial charge in [-0.3, -0.25) is 4.79 Å². The van der Waals surface area contributed by atoms with E-state index in [4.69, 9.17) is 0 Å². The Balaban J connectivity index is 1.19. The molecule has 1 aliphatic heterocycles. The van der Waals surface area contributed by atoms with E-state index in [9.17, 15) is 13.2 Å². The number of benzene rings is 2. The fourth-order valence-corrected chi connectivity index (χ4v) is 5.92. The molecule has 1 aromatic heterocycles. The fraction of sp³-hybridized carbons (Fsp3) is 0.280. The van der Waals surface area contributed by atoms with Gasteiger partial charge in [0.15, 0.2) is 0 Å². The van der Waals surface area contributed by atoms with Crippen LogP contribution in [0.15, 0.2) is 72.2 Å². The van der Waals surface area contributed by atoms with Gasteiger partial charge in [0.05, 0.1) is 11.2 Å². The molecular formula is C25H26N4O3S. The smallest absolute Gasteiger partial charge is 0.246 e. The number of nitrogens with zero attached hydrogens (tertiary/aromatic N) is 4. The van der Waals surface area contributed by atoms with Crippen molar-refractivity contribution in [2.75, 3.05) is 26.2 Å². The zero-order chi connectivity index (χ0) is 22.8. The standard InChI is InChI=1S/C25H26N4O3S/c30-25(11-6-20-4-8-23(9-5-20)28-13-12-26-19-28)27-14-16-29(17-15-27)33(31,32)24-10-7-21-2-1-3-22(21)18-24/h4-13,18-19H,1-3,14-17H2/b11-6+. The van der Waals surface area contributed by atoms with Gasteiger partial charge in [0.2, 0.25) is 15.9 Å². The molecule has 1 saturated heterocycles. The molecule has 0 N–H and O–H groups in total. The number of imidazole rings is 1. The second-order valence-electron chi connectivity index (χ2n) is 8.41. The van der Waals surface area contributed by atoms with Crippen LogP contribution in [-0.2, 0) is 27.7 Å². The zero-order valence-electron chi connectivity index (χ0n) is 18.3. The van der Waals surface area contributed by atoms with Crippen LogP contribution in [-0.4, -0.2) is 59.3 Å². The van der Waals surface area contributed by atoms with E-state index in [1.165, 1.54) is 9.87 Å². The zero-order valence-corrected chi connectivity index (χ0v) is 19.1. The van der Waals surface area contributed by atoms with Crippen LogP contribution in [0.2, 0.25) is 0 Å². The topological polar surface area (TPSA) is 75.5 Å². The van der Waals surface area contributed by atoms with E-state index in [-0.39, 0.29) is 5.91 Å². The summed E-state index contributed by atoms with van der Waals surface area (Å²) in [5.41, 5.74) is 4.32. The summed E-state index contributed by atoms with van der Waals surface area (Å²) in [4.78, 5) is 18.7. The first-order chi connectivity index (χ1) is 16.0. The van der Waals surface area contributed by atoms with Gasteiger partial charge in [-0.15, -0.1) is 0 Å². The number of hydrogen-bond acceptors (Lipinski definition) is 4. The number of aromatic nitrogens is 2. The van der Waals surface area contributed by atoms with Gasteiger partial charge in [0, 0.05) is 50.3 Å². The molecule has 0 unspecified atom stereocenters. The Hall–Kier alpha value is -3.23. The van der Waals surface area contributed by atoms with Crippen molar-refractivity contribution < 1.29 is 13.2 Å². The van der Waals surface area contributed by atoms with E-state index in [0.717, 1.165) is 36.1 Å². The molecule has 0 saturated carbocycles. The first kappa shape index (κ1) is 21.6. The quantitative estimate of drug-likeness (QED) is 0.547. The van der Waals surface area contributed by atoms with Crippen LogP contribution < -0.4 is 0 Å². The van der Waals surface area contributed by atoms with Crippen molar-refractivity contribution in [3.63, 3.8) is 0 Å². The maximum Gasteiger partial charge on any atom is 0.246 e. The van der Waals surface area contributed by atoms with E-state index >= 15 is 0 Å². The Kier molecular flexibility index (Phi) is 5.86. The molecular weight excluding hydrogens is 436 g/mol. The lowest BCUT2D eigenvalue weighted by atomic mass is 10.1. The van der Waals surface area contributed by atoms with Gasteiger partial charge in [0.25, 0.3) is 0 Å². The minimum Gasteiger partial charge on any atom is -0.337 e. The van der Waals surface area contributed by atoms with Crippen molar-refractivity contribution in [1.29, 1.82) is 0 Å². The average molecular weight is 463 g/mol. The van der Waals surface area contributed by atoms with Crippen molar-refractivity contribution in [2.45, 2.75) is 24.2 Å². The van der Waals surface area contributed by atoms with Crippen molar-refractivity contribution >= 4 is 22.0 Å². The minimum absolute atomic E-state index is 0.108. The number of carbonyl (C=O) groups excluding carboxylic acids is 1. The van der Waals surface area contributed by atoms with Gasteiger partial charge in [-0.1, -0.05) is 18.2 Å². The molecule has 0 spiro atoms. The summed E-state index contributed by atoms with van der Waals surface area (Å²) in [6.45, 7) is 1.37. The molecule has 0 bridgehead atoms. The third-order valence-corrected chi connectivity index (χ3v) is 8.27. The minimum atomic E-state index is -3.54. The van der Waals surface area contributed by atoms with Crippen LogP contribution in [0.1, 0.15) is 23.1 Å². The van der Waals surface area contributed by atoms with Crippen molar-refractivity contribution in [1.82, 2.24) is 18.8 Å². The second-order valence-corrected chi connectivity index (χ2v) is 10.3. The van der Waals surface area contributed by atoms with Gasteiger partial charge in [-0.25, -0.2) is 13.4 Å². The van der Waals surface area contributed by atoms with Crippen molar-refractivity contribution in [3.8, 4) is 5.69 Å². The lowest BCUT2D eigenvalue weighted by Crippen LogP contribution is -2.50. The largest absolute Gasteiger partial charge is 0.337 e. The maximum absolute atomic E-state index is 13.1. The van der Waals surface area contributed by atoms with E-state index in [1.54, 1.807) is 35.6 Å². The molecule has 1 fully saturated rings. The number of aryl methyl sites for hydroxylation is 2. The summed E-state index contributed by atoms with van der Waals surface area (Å²) in [6, 6.07) is 13.3. The van der Waals surface area contributed by atoms with Crippen LogP contribution in [0.5, 0.6) is 0 Å². The first-order valence-corrected chi connectivity index (χ1v) is 12.6. The van der Waals surface area contributed by atoms with E-state index in [1.807, 2.05) is 47.2 Å². The predicted octanol–water partition coefficient (Wildman–Crippen LogP) is 2.91. The number of sulfonamides is 1. The average Bonchev–Trinajstić information content (AvgIpc) is 3.55. The lowest BCUT2D eigenvalue weighted by molar-refractivity contribution is -0.127. The highest BCUT2D eigenvalue weighted by Crippen LogP contribution is 2.26. The second kappa shape index (κ2) is 8.96. The van der Waals surface area contributed by atoms with Gasteiger partial charge in [-0.2, -0.15) is 4.31 Å². The van der Waals surface area contributed by atoms with Crippen molar-refractivity contribution in [2.24, 2.45) is 0 Å². The Morgan fingerprint density at radius 1 is 0.939 bits per heavy atom. The van der Waals surface area contributed by atoms with E-state index in [0.29, 0.717) is 31.1 Å². The number of carbonyl (C=O) groups is 1. The monoisotopic (exact) mass is 462 g/mol. The summed E-state index contributed by atoms with van der Waals surface area (Å²) >= 11 is 0. The van der Waals surface area contributed by atoms with E-state index in [2.05, 4.69) is 4.98 Å². The molecule has 170 valence electrons. The molecule has 0 atom stereocenters. The number of piperazine rings is 1. The van der Waals surface area contributed by atoms with Crippen LogP contribution in [0.25, 0.3) is 11.8 Å². The highest BCUT2D eigenvalue weighted by molar-refractivity contribution is 7.89. The molecule has 7 nitrogen and oxygen atoms in total. The third kappa shape index (κ3) is 4.49. The van der Waals surface area contributed by atoms with Crippen molar-refractivity contribution in [3.05, 3.63) is 84.0 Å². The van der Waals surface area contributed by atoms with Gasteiger partial charge < -0.3 is 9.47 Å². The number of rotatable bonds is 5. The van der Waals surface area contributed by atoms with Gasteiger partial charge in [-0.05, 0) is 66.3 Å². The number of fused-ring (bicyclic) bond motifs is 1. The molecule has 5 rings (SSSR count). The molecule has 3 aromatic rings. The SMILES string of the molecule is O=C(/C=C/c1ccc(-n2ccnc2)cc1)N1CCN(S(=O)(=O)c2ccc3c(c2)CCC3)CC1. The van der Waals surface area contributed by atoms with Gasteiger partial charge >= 0.3 is 0 Å². The van der Waals surface area contributed by atoms with Crippen LogP contribution in [0.4, 0.5) is 0 Å².